The molecule has 0 unspecified atom stereocenters. The number of carbonyl (C=O) groups is 1. The van der Waals surface area contributed by atoms with Crippen LogP contribution in [0.15, 0.2) is 36.4 Å². The second-order valence-electron chi connectivity index (χ2n) is 4.99. The van der Waals surface area contributed by atoms with Crippen molar-refractivity contribution in [1.82, 2.24) is 4.90 Å². The number of amides is 1. The fourth-order valence-corrected chi connectivity index (χ4v) is 2.35. The van der Waals surface area contributed by atoms with E-state index in [1.807, 2.05) is 6.07 Å². The van der Waals surface area contributed by atoms with Gasteiger partial charge in [-0.05, 0) is 42.3 Å². The Morgan fingerprint density at radius 3 is 2.71 bits per heavy atom. The molecular formula is C16H16ClFN2O. The molecule has 3 nitrogen and oxygen atoms in total. The summed E-state index contributed by atoms with van der Waals surface area (Å²) in [7, 11) is 1.61. The zero-order chi connectivity index (χ0) is 15.6. The van der Waals surface area contributed by atoms with Crippen LogP contribution in [0.4, 0.5) is 10.1 Å². The van der Waals surface area contributed by atoms with Crippen molar-refractivity contribution in [3.8, 4) is 0 Å². The summed E-state index contributed by atoms with van der Waals surface area (Å²) < 4.78 is 14.1. The summed E-state index contributed by atoms with van der Waals surface area (Å²) in [5.41, 5.74) is 7.27. The van der Waals surface area contributed by atoms with Crippen LogP contribution in [0, 0.1) is 12.7 Å². The molecule has 0 aliphatic carbocycles. The Bertz CT molecular complexity index is 688. The van der Waals surface area contributed by atoms with E-state index in [1.54, 1.807) is 32.2 Å². The van der Waals surface area contributed by atoms with Gasteiger partial charge in [-0.2, -0.15) is 0 Å². The van der Waals surface area contributed by atoms with E-state index in [2.05, 4.69) is 0 Å². The van der Waals surface area contributed by atoms with Crippen LogP contribution in [0.25, 0.3) is 0 Å². The van der Waals surface area contributed by atoms with Crippen LogP contribution < -0.4 is 5.73 Å². The minimum atomic E-state index is -0.535. The van der Waals surface area contributed by atoms with Gasteiger partial charge in [0.1, 0.15) is 5.82 Å². The predicted octanol–water partition coefficient (Wildman–Crippen LogP) is 3.64. The second-order valence-corrected chi connectivity index (χ2v) is 5.43. The number of hydrogen-bond acceptors (Lipinski definition) is 2. The Morgan fingerprint density at radius 1 is 1.33 bits per heavy atom. The lowest BCUT2D eigenvalue weighted by molar-refractivity contribution is 0.0780. The highest BCUT2D eigenvalue weighted by Crippen LogP contribution is 2.20. The van der Waals surface area contributed by atoms with Crippen LogP contribution in [0.5, 0.6) is 0 Å². The lowest BCUT2D eigenvalue weighted by Gasteiger charge is -2.18. The summed E-state index contributed by atoms with van der Waals surface area (Å²) >= 11 is 5.91. The van der Waals surface area contributed by atoms with Gasteiger partial charge in [-0.25, -0.2) is 4.39 Å². The number of anilines is 1. The van der Waals surface area contributed by atoms with E-state index < -0.39 is 11.7 Å². The van der Waals surface area contributed by atoms with Crippen LogP contribution in [0.1, 0.15) is 21.5 Å². The molecule has 5 heteroatoms. The van der Waals surface area contributed by atoms with Gasteiger partial charge in [0.15, 0.2) is 0 Å². The van der Waals surface area contributed by atoms with Gasteiger partial charge < -0.3 is 10.6 Å². The van der Waals surface area contributed by atoms with Gasteiger partial charge in [-0.15, -0.1) is 0 Å². The van der Waals surface area contributed by atoms with E-state index in [0.717, 1.165) is 5.56 Å². The van der Waals surface area contributed by atoms with Crippen molar-refractivity contribution < 1.29 is 9.18 Å². The van der Waals surface area contributed by atoms with Gasteiger partial charge >= 0.3 is 0 Å². The molecule has 0 spiro atoms. The third kappa shape index (κ3) is 3.52. The number of nitrogens with two attached hydrogens (primary N) is 1. The average Bonchev–Trinajstić information content (AvgIpc) is 2.42. The quantitative estimate of drug-likeness (QED) is 0.880. The van der Waals surface area contributed by atoms with Crippen LogP contribution in [-0.4, -0.2) is 17.9 Å². The zero-order valence-corrected chi connectivity index (χ0v) is 12.6. The van der Waals surface area contributed by atoms with Crippen molar-refractivity contribution in [1.29, 1.82) is 0 Å². The number of rotatable bonds is 3. The molecule has 0 saturated heterocycles. The monoisotopic (exact) mass is 306 g/mol. The number of nitrogens with zero attached hydrogens (tertiary/aromatic N) is 1. The van der Waals surface area contributed by atoms with E-state index in [-0.39, 0.29) is 5.56 Å². The SMILES string of the molecule is Cc1cc(N)cc(C(=O)N(C)Cc2cccc(Cl)c2)c1F. The van der Waals surface area contributed by atoms with Gasteiger partial charge in [0.25, 0.3) is 5.91 Å². The number of carbonyl (C=O) groups excluding carboxylic acids is 1. The number of aryl methyl sites for hydroxylation is 1. The number of halogens is 2. The Hall–Kier alpha value is -2.07. The van der Waals surface area contributed by atoms with Crippen molar-refractivity contribution in [2.45, 2.75) is 13.5 Å². The minimum Gasteiger partial charge on any atom is -0.399 e. The largest absolute Gasteiger partial charge is 0.399 e. The Balaban J connectivity index is 2.24. The maximum absolute atomic E-state index is 14.1. The van der Waals surface area contributed by atoms with E-state index >= 15 is 0 Å². The van der Waals surface area contributed by atoms with Crippen LogP contribution >= 0.6 is 11.6 Å². The first kappa shape index (κ1) is 15.3. The van der Waals surface area contributed by atoms with Gasteiger partial charge in [0.05, 0.1) is 5.56 Å². The van der Waals surface area contributed by atoms with E-state index in [1.165, 1.54) is 17.0 Å². The van der Waals surface area contributed by atoms with Crippen molar-refractivity contribution >= 4 is 23.2 Å². The normalized spacial score (nSPS) is 10.5. The van der Waals surface area contributed by atoms with Crippen molar-refractivity contribution in [3.05, 3.63) is 63.9 Å². The molecule has 0 bridgehead atoms. The van der Waals surface area contributed by atoms with Crippen LogP contribution in [0.3, 0.4) is 0 Å². The zero-order valence-electron chi connectivity index (χ0n) is 11.9. The Kier molecular flexibility index (Phi) is 4.48. The number of benzene rings is 2. The third-order valence-corrected chi connectivity index (χ3v) is 3.40. The third-order valence-electron chi connectivity index (χ3n) is 3.16. The molecule has 1 amide bonds. The highest BCUT2D eigenvalue weighted by atomic mass is 35.5. The summed E-state index contributed by atoms with van der Waals surface area (Å²) in [5, 5.41) is 0.597. The van der Waals surface area contributed by atoms with Crippen molar-refractivity contribution in [2.24, 2.45) is 0 Å². The Labute approximate surface area is 128 Å². The van der Waals surface area contributed by atoms with E-state index in [4.69, 9.17) is 17.3 Å². The first-order chi connectivity index (χ1) is 9.88. The van der Waals surface area contributed by atoms with Crippen LogP contribution in [-0.2, 0) is 6.54 Å². The maximum Gasteiger partial charge on any atom is 0.256 e. The number of hydrogen-bond donors (Lipinski definition) is 1. The molecule has 0 aliphatic heterocycles. The molecule has 2 aromatic carbocycles. The van der Waals surface area contributed by atoms with Gasteiger partial charge in [-0.3, -0.25) is 4.79 Å². The van der Waals surface area contributed by atoms with E-state index in [0.29, 0.717) is 22.8 Å². The fraction of sp³-hybridized carbons (Fsp3) is 0.188. The summed E-state index contributed by atoms with van der Waals surface area (Å²) in [6.45, 7) is 1.92. The molecule has 0 atom stereocenters. The van der Waals surface area contributed by atoms with E-state index in [9.17, 15) is 9.18 Å². The van der Waals surface area contributed by atoms with Crippen molar-refractivity contribution in [3.63, 3.8) is 0 Å². The molecule has 0 fully saturated rings. The first-order valence-corrected chi connectivity index (χ1v) is 6.82. The highest BCUT2D eigenvalue weighted by molar-refractivity contribution is 6.30. The highest BCUT2D eigenvalue weighted by Gasteiger charge is 2.18. The lowest BCUT2D eigenvalue weighted by atomic mass is 10.1. The Morgan fingerprint density at radius 2 is 2.05 bits per heavy atom. The lowest BCUT2D eigenvalue weighted by Crippen LogP contribution is -2.27. The molecule has 0 aliphatic rings. The topological polar surface area (TPSA) is 46.3 Å². The molecule has 2 aromatic rings. The molecule has 0 radical (unpaired) electrons. The minimum absolute atomic E-state index is 0.0166. The summed E-state index contributed by atoms with van der Waals surface area (Å²) in [6, 6.07) is 10.1. The van der Waals surface area contributed by atoms with Gasteiger partial charge in [0.2, 0.25) is 0 Å². The van der Waals surface area contributed by atoms with Gasteiger partial charge in [0, 0.05) is 24.3 Å². The maximum atomic E-state index is 14.1. The smallest absolute Gasteiger partial charge is 0.256 e. The molecule has 110 valence electrons. The molecule has 2 N–H and O–H groups in total. The molecule has 2 rings (SSSR count). The molecule has 0 aromatic heterocycles. The standard InChI is InChI=1S/C16H16ClFN2O/c1-10-6-13(19)8-14(15(10)18)16(21)20(2)9-11-4-3-5-12(17)7-11/h3-8H,9,19H2,1-2H3. The summed E-state index contributed by atoms with van der Waals surface area (Å²) in [4.78, 5) is 13.8. The summed E-state index contributed by atoms with van der Waals surface area (Å²) in [5.74, 6) is -0.949. The molecular weight excluding hydrogens is 291 g/mol. The predicted molar refractivity (Wildman–Crippen MR) is 82.8 cm³/mol. The molecule has 0 saturated carbocycles. The van der Waals surface area contributed by atoms with Gasteiger partial charge in [-0.1, -0.05) is 23.7 Å². The first-order valence-electron chi connectivity index (χ1n) is 6.44. The fourth-order valence-electron chi connectivity index (χ4n) is 2.14. The second kappa shape index (κ2) is 6.14. The molecule has 21 heavy (non-hydrogen) atoms. The summed E-state index contributed by atoms with van der Waals surface area (Å²) in [6.07, 6.45) is 0. The average molecular weight is 307 g/mol. The van der Waals surface area contributed by atoms with Crippen LogP contribution in [0.2, 0.25) is 5.02 Å². The number of nitrogen functional groups attached to an aromatic ring is 1. The van der Waals surface area contributed by atoms with Crippen molar-refractivity contribution in [2.75, 3.05) is 12.8 Å². The molecule has 0 heterocycles.